The summed E-state index contributed by atoms with van der Waals surface area (Å²) in [6, 6.07) is 27.8. The molecule has 1 heterocycles. The highest BCUT2D eigenvalue weighted by Gasteiger charge is 2.50. The van der Waals surface area contributed by atoms with E-state index in [0.29, 0.717) is 11.3 Å². The lowest BCUT2D eigenvalue weighted by atomic mass is 9.88. The van der Waals surface area contributed by atoms with E-state index in [2.05, 4.69) is 81.5 Å². The van der Waals surface area contributed by atoms with Crippen molar-refractivity contribution in [2.45, 2.75) is 103 Å². The van der Waals surface area contributed by atoms with Gasteiger partial charge in [0.1, 0.15) is 0 Å². The summed E-state index contributed by atoms with van der Waals surface area (Å²) in [5.41, 5.74) is 1.83. The Bertz CT molecular complexity index is 1620. The highest BCUT2D eigenvalue weighted by Crippen LogP contribution is 2.37. The first-order chi connectivity index (χ1) is 22.6. The Morgan fingerprint density at radius 1 is 0.979 bits per heavy atom. The number of carbonyl (C=O) groups is 1. The van der Waals surface area contributed by atoms with Gasteiger partial charge in [-0.2, -0.15) is 0 Å². The molecule has 0 radical (unpaired) electrons. The van der Waals surface area contributed by atoms with Gasteiger partial charge in [0.05, 0.1) is 35.0 Å². The summed E-state index contributed by atoms with van der Waals surface area (Å²) >= 11 is 0. The van der Waals surface area contributed by atoms with Crippen LogP contribution < -0.4 is 15.7 Å². The van der Waals surface area contributed by atoms with Gasteiger partial charge >= 0.3 is 0 Å². The van der Waals surface area contributed by atoms with Crippen molar-refractivity contribution in [3.63, 3.8) is 0 Å². The fourth-order valence-corrected chi connectivity index (χ4v) is 12.8. The predicted molar refractivity (Wildman–Crippen MR) is 199 cm³/mol. The third-order valence-corrected chi connectivity index (χ3v) is 16.3. The standard InChI is InChI=1S/C40H53NO5SSi/c1-29-19-23-34(24-20-29)47(43,44)28-30(2)21-25-38-31(3)27-37(33(5)45-38)41-39(42)26-22-32(4)46-48(40(6,7)8,35-15-11-9-12-16-35)36-17-13-10-14-18-36/h9-24,26,31-33,37-38H,25,27-28H2,1-8H3,(H,41,42)/b26-22-,30-21+/t31-,32-,33+,37+,38-/m0/s1. The fourth-order valence-electron chi connectivity index (χ4n) is 6.68. The molecule has 48 heavy (non-hydrogen) atoms. The van der Waals surface area contributed by atoms with Crippen molar-refractivity contribution in [3.8, 4) is 0 Å². The molecule has 0 saturated carbocycles. The van der Waals surface area contributed by atoms with Crippen LogP contribution in [0.4, 0.5) is 0 Å². The Hall–Kier alpha value is -3.30. The first-order valence-electron chi connectivity index (χ1n) is 17.0. The lowest BCUT2D eigenvalue weighted by Crippen LogP contribution is -2.67. The van der Waals surface area contributed by atoms with Gasteiger partial charge in [-0.05, 0) is 74.0 Å². The first-order valence-corrected chi connectivity index (χ1v) is 20.6. The topological polar surface area (TPSA) is 81.7 Å². The molecule has 0 unspecified atom stereocenters. The van der Waals surface area contributed by atoms with Crippen molar-refractivity contribution in [3.05, 3.63) is 114 Å². The average molecular weight is 688 g/mol. The van der Waals surface area contributed by atoms with E-state index < -0.39 is 18.2 Å². The Labute approximate surface area is 289 Å². The normalized spacial score (nSPS) is 21.6. The number of amides is 1. The van der Waals surface area contributed by atoms with E-state index in [1.165, 1.54) is 10.4 Å². The number of hydrogen-bond acceptors (Lipinski definition) is 5. The lowest BCUT2D eigenvalue weighted by Gasteiger charge is -2.44. The van der Waals surface area contributed by atoms with Gasteiger partial charge in [-0.3, -0.25) is 4.79 Å². The quantitative estimate of drug-likeness (QED) is 0.127. The van der Waals surface area contributed by atoms with Crippen LogP contribution in [0.15, 0.2) is 114 Å². The third kappa shape index (κ3) is 9.23. The molecule has 6 nitrogen and oxygen atoms in total. The van der Waals surface area contributed by atoms with E-state index in [1.54, 1.807) is 18.2 Å². The third-order valence-electron chi connectivity index (χ3n) is 9.34. The summed E-state index contributed by atoms with van der Waals surface area (Å²) in [6.45, 7) is 16.6. The summed E-state index contributed by atoms with van der Waals surface area (Å²) in [6.07, 6.45) is 6.29. The van der Waals surface area contributed by atoms with Crippen LogP contribution in [-0.2, 0) is 23.8 Å². The molecule has 3 aromatic rings. The first kappa shape index (κ1) is 37.5. The average Bonchev–Trinajstić information content (AvgIpc) is 3.03. The second kappa shape index (κ2) is 15.9. The van der Waals surface area contributed by atoms with Crippen LogP contribution in [-0.4, -0.2) is 52.7 Å². The summed E-state index contributed by atoms with van der Waals surface area (Å²) in [5, 5.41) is 5.39. The molecule has 258 valence electrons. The summed E-state index contributed by atoms with van der Waals surface area (Å²) in [4.78, 5) is 13.5. The molecule has 3 aromatic carbocycles. The molecule has 1 amide bonds. The van der Waals surface area contributed by atoms with E-state index in [9.17, 15) is 13.2 Å². The van der Waals surface area contributed by atoms with E-state index in [1.807, 2.05) is 64.1 Å². The number of rotatable bonds is 12. The van der Waals surface area contributed by atoms with Crippen molar-refractivity contribution < 1.29 is 22.4 Å². The maximum atomic E-state index is 13.2. The number of sulfone groups is 1. The lowest BCUT2D eigenvalue weighted by molar-refractivity contribution is -0.123. The second-order valence-electron chi connectivity index (χ2n) is 14.4. The monoisotopic (exact) mass is 687 g/mol. The number of carbonyl (C=O) groups excluding carboxylic acids is 1. The molecular formula is C40H53NO5SSi. The van der Waals surface area contributed by atoms with Gasteiger partial charge in [0.25, 0.3) is 8.32 Å². The van der Waals surface area contributed by atoms with E-state index in [0.717, 1.165) is 17.6 Å². The van der Waals surface area contributed by atoms with Crippen molar-refractivity contribution >= 4 is 34.4 Å². The second-order valence-corrected chi connectivity index (χ2v) is 20.7. The smallest absolute Gasteiger partial charge is 0.261 e. The Morgan fingerprint density at radius 2 is 1.54 bits per heavy atom. The van der Waals surface area contributed by atoms with Gasteiger partial charge in [-0.25, -0.2) is 8.42 Å². The molecule has 0 aromatic heterocycles. The SMILES string of the molecule is C/C(=C\C[C@@H]1O[C@H](C)[C@H](NC(=O)/C=C\[C@H](C)O[Si](c2ccccc2)(c2ccccc2)C(C)(C)C)C[C@@H]1C)CS(=O)(=O)c1ccc(C)cc1. The van der Waals surface area contributed by atoms with E-state index in [4.69, 9.17) is 9.16 Å². The van der Waals surface area contributed by atoms with Gasteiger partial charge in [0.15, 0.2) is 9.84 Å². The van der Waals surface area contributed by atoms with Crippen LogP contribution in [0, 0.1) is 12.8 Å². The largest absolute Gasteiger partial charge is 0.401 e. The zero-order valence-electron chi connectivity index (χ0n) is 29.8. The van der Waals surface area contributed by atoms with Crippen LogP contribution in [0.2, 0.25) is 5.04 Å². The molecule has 1 N–H and O–H groups in total. The van der Waals surface area contributed by atoms with Gasteiger partial charge < -0.3 is 14.5 Å². The molecule has 1 saturated heterocycles. The minimum Gasteiger partial charge on any atom is -0.401 e. The number of nitrogens with one attached hydrogen (secondary N) is 1. The molecule has 1 aliphatic rings. The highest BCUT2D eigenvalue weighted by atomic mass is 32.2. The van der Waals surface area contributed by atoms with E-state index in [-0.39, 0.29) is 47.0 Å². The van der Waals surface area contributed by atoms with Crippen molar-refractivity contribution in [1.82, 2.24) is 5.32 Å². The maximum Gasteiger partial charge on any atom is 0.261 e. The van der Waals surface area contributed by atoms with Gasteiger partial charge in [0, 0.05) is 6.08 Å². The molecule has 4 rings (SSSR count). The molecule has 0 bridgehead atoms. The van der Waals surface area contributed by atoms with Gasteiger partial charge in [-0.1, -0.05) is 124 Å². The number of hydrogen-bond donors (Lipinski definition) is 1. The molecular weight excluding hydrogens is 635 g/mol. The minimum absolute atomic E-state index is 0.0179. The zero-order valence-corrected chi connectivity index (χ0v) is 31.6. The van der Waals surface area contributed by atoms with Crippen molar-refractivity contribution in [2.75, 3.05) is 5.75 Å². The van der Waals surface area contributed by atoms with Crippen LogP contribution in [0.5, 0.6) is 0 Å². The zero-order chi connectivity index (χ0) is 35.1. The molecule has 0 aliphatic carbocycles. The van der Waals surface area contributed by atoms with E-state index >= 15 is 0 Å². The Balaban J connectivity index is 1.37. The summed E-state index contributed by atoms with van der Waals surface area (Å²) in [5.74, 6) is -0.00248. The number of benzene rings is 3. The minimum atomic E-state index is -3.40. The highest BCUT2D eigenvalue weighted by molar-refractivity contribution is 7.91. The van der Waals surface area contributed by atoms with Crippen molar-refractivity contribution in [2.24, 2.45) is 5.92 Å². The molecule has 5 atom stereocenters. The summed E-state index contributed by atoms with van der Waals surface area (Å²) in [7, 11) is -6.15. The van der Waals surface area contributed by atoms with Crippen LogP contribution in [0.3, 0.4) is 0 Å². The fraction of sp³-hybridized carbons (Fsp3) is 0.425. The number of aryl methyl sites for hydroxylation is 1. The predicted octanol–water partition coefficient (Wildman–Crippen LogP) is 6.92. The van der Waals surface area contributed by atoms with Crippen LogP contribution in [0.1, 0.15) is 66.9 Å². The van der Waals surface area contributed by atoms with Gasteiger partial charge in [0.2, 0.25) is 5.91 Å². The number of ether oxygens (including phenoxy) is 1. The van der Waals surface area contributed by atoms with Crippen LogP contribution in [0.25, 0.3) is 0 Å². The molecule has 1 aliphatic heterocycles. The molecule has 8 heteroatoms. The summed E-state index contributed by atoms with van der Waals surface area (Å²) < 4.78 is 39.2. The Kier molecular flexibility index (Phi) is 12.5. The van der Waals surface area contributed by atoms with Crippen molar-refractivity contribution in [1.29, 1.82) is 0 Å². The Morgan fingerprint density at radius 3 is 2.08 bits per heavy atom. The molecule has 1 fully saturated rings. The maximum absolute atomic E-state index is 13.2. The molecule has 0 spiro atoms. The van der Waals surface area contributed by atoms with Crippen LogP contribution >= 0.6 is 0 Å². The van der Waals surface area contributed by atoms with Gasteiger partial charge in [-0.15, -0.1) is 0 Å².